The summed E-state index contributed by atoms with van der Waals surface area (Å²) in [6.07, 6.45) is 2.89. The van der Waals surface area contributed by atoms with Crippen molar-refractivity contribution in [2.75, 3.05) is 13.1 Å². The highest BCUT2D eigenvalue weighted by molar-refractivity contribution is 7.98. The van der Waals surface area contributed by atoms with Gasteiger partial charge in [0, 0.05) is 24.4 Å². The largest absolute Gasteiger partial charge is 0.411 e. The van der Waals surface area contributed by atoms with Gasteiger partial charge in [0.25, 0.3) is 5.22 Å². The Morgan fingerprint density at radius 2 is 1.71 bits per heavy atom. The highest BCUT2D eigenvalue weighted by Gasteiger charge is 2.26. The van der Waals surface area contributed by atoms with Gasteiger partial charge in [-0.2, -0.15) is 4.31 Å². The van der Waals surface area contributed by atoms with E-state index < -0.39 is 10.0 Å². The fraction of sp³-hybridized carbons (Fsp3) is 0.391. The van der Waals surface area contributed by atoms with E-state index in [1.165, 1.54) is 34.0 Å². The number of thioether (sulfide) groups is 1. The van der Waals surface area contributed by atoms with Crippen LogP contribution in [0.4, 0.5) is 0 Å². The molecule has 2 aromatic carbocycles. The van der Waals surface area contributed by atoms with Gasteiger partial charge in [0.1, 0.15) is 0 Å². The Morgan fingerprint density at radius 3 is 2.42 bits per heavy atom. The van der Waals surface area contributed by atoms with Crippen molar-refractivity contribution in [3.8, 4) is 11.5 Å². The van der Waals surface area contributed by atoms with Crippen molar-refractivity contribution in [3.63, 3.8) is 0 Å². The molecule has 1 saturated heterocycles. The fourth-order valence-corrected chi connectivity index (χ4v) is 6.52. The molecule has 3 aromatic rings. The lowest BCUT2D eigenvalue weighted by Crippen LogP contribution is -2.35. The molecule has 0 amide bonds. The molecule has 1 aromatic heterocycles. The third-order valence-electron chi connectivity index (χ3n) is 5.62. The molecule has 0 unspecified atom stereocenters. The minimum absolute atomic E-state index is 0.269. The van der Waals surface area contributed by atoms with E-state index in [4.69, 9.17) is 4.42 Å². The smallest absolute Gasteiger partial charge is 0.277 e. The molecule has 0 spiro atoms. The van der Waals surface area contributed by atoms with Crippen LogP contribution in [-0.4, -0.2) is 36.0 Å². The van der Waals surface area contributed by atoms with Gasteiger partial charge in [0.05, 0.1) is 4.90 Å². The van der Waals surface area contributed by atoms with Gasteiger partial charge in [-0.05, 0) is 68.5 Å². The summed E-state index contributed by atoms with van der Waals surface area (Å²) < 4.78 is 33.4. The number of sulfonamides is 1. The van der Waals surface area contributed by atoms with E-state index in [0.29, 0.717) is 29.8 Å². The standard InChI is InChI=1S/C23H27N3O3S2/c1-16-12-17(2)21(18(3)13-16)15-30-23-25-24-22(29-23)19-8-7-9-20(14-19)31(27,28)26-10-5-4-6-11-26/h7-9,12-14H,4-6,10-11,15H2,1-3H3. The van der Waals surface area contributed by atoms with Crippen LogP contribution in [0.15, 0.2) is 50.9 Å². The molecule has 0 atom stereocenters. The molecule has 0 N–H and O–H groups in total. The maximum atomic E-state index is 13.0. The first-order valence-corrected chi connectivity index (χ1v) is 12.9. The second-order valence-electron chi connectivity index (χ2n) is 8.03. The van der Waals surface area contributed by atoms with Crippen molar-refractivity contribution in [1.29, 1.82) is 0 Å². The van der Waals surface area contributed by atoms with Crippen molar-refractivity contribution in [1.82, 2.24) is 14.5 Å². The van der Waals surface area contributed by atoms with Crippen LogP contribution in [0.2, 0.25) is 0 Å². The molecule has 2 heterocycles. The monoisotopic (exact) mass is 457 g/mol. The Balaban J connectivity index is 1.51. The van der Waals surface area contributed by atoms with E-state index in [1.807, 2.05) is 0 Å². The van der Waals surface area contributed by atoms with Gasteiger partial charge >= 0.3 is 0 Å². The SMILES string of the molecule is Cc1cc(C)c(CSc2nnc(-c3cccc(S(=O)(=O)N4CCCCC4)c3)o2)c(C)c1. The number of nitrogens with zero attached hydrogens (tertiary/aromatic N) is 3. The zero-order chi connectivity index (χ0) is 22.0. The Morgan fingerprint density at radius 1 is 1.00 bits per heavy atom. The van der Waals surface area contributed by atoms with Crippen LogP contribution < -0.4 is 0 Å². The van der Waals surface area contributed by atoms with Crippen LogP contribution in [0, 0.1) is 20.8 Å². The summed E-state index contributed by atoms with van der Waals surface area (Å²) in [5.74, 6) is 1.07. The Labute approximate surface area is 188 Å². The van der Waals surface area contributed by atoms with Crippen LogP contribution in [0.3, 0.4) is 0 Å². The molecule has 164 valence electrons. The van der Waals surface area contributed by atoms with E-state index in [1.54, 1.807) is 28.6 Å². The second kappa shape index (κ2) is 9.14. The number of piperidine rings is 1. The van der Waals surface area contributed by atoms with E-state index in [-0.39, 0.29) is 4.90 Å². The molecular weight excluding hydrogens is 430 g/mol. The number of rotatable bonds is 6. The summed E-state index contributed by atoms with van der Waals surface area (Å²) in [5.41, 5.74) is 5.63. The predicted molar refractivity (Wildman–Crippen MR) is 123 cm³/mol. The predicted octanol–water partition coefficient (Wildman–Crippen LogP) is 5.13. The number of aryl methyl sites for hydroxylation is 3. The highest BCUT2D eigenvalue weighted by Crippen LogP contribution is 2.30. The van der Waals surface area contributed by atoms with Gasteiger partial charge in [-0.15, -0.1) is 10.2 Å². The third kappa shape index (κ3) is 4.86. The number of hydrogen-bond donors (Lipinski definition) is 0. The Kier molecular flexibility index (Phi) is 6.50. The Hall–Kier alpha value is -2.16. The number of hydrogen-bond acceptors (Lipinski definition) is 6. The van der Waals surface area contributed by atoms with Crippen molar-refractivity contribution >= 4 is 21.8 Å². The Bertz CT molecular complexity index is 1160. The van der Waals surface area contributed by atoms with Crippen molar-refractivity contribution < 1.29 is 12.8 Å². The summed E-state index contributed by atoms with van der Waals surface area (Å²) in [4.78, 5) is 0.269. The van der Waals surface area contributed by atoms with Gasteiger partial charge in [-0.1, -0.05) is 41.9 Å². The van der Waals surface area contributed by atoms with Crippen LogP contribution >= 0.6 is 11.8 Å². The van der Waals surface area contributed by atoms with E-state index in [2.05, 4.69) is 43.1 Å². The van der Waals surface area contributed by atoms with Crippen molar-refractivity contribution in [2.45, 2.75) is 55.9 Å². The molecule has 4 rings (SSSR count). The first-order chi connectivity index (χ1) is 14.8. The molecule has 0 aliphatic carbocycles. The topological polar surface area (TPSA) is 76.3 Å². The van der Waals surface area contributed by atoms with Gasteiger partial charge in [-0.3, -0.25) is 0 Å². The molecule has 1 aliphatic heterocycles. The normalized spacial score (nSPS) is 15.3. The first-order valence-electron chi connectivity index (χ1n) is 10.5. The van der Waals surface area contributed by atoms with Gasteiger partial charge in [0.15, 0.2) is 0 Å². The molecule has 1 aliphatic rings. The molecular formula is C23H27N3O3S2. The third-order valence-corrected chi connectivity index (χ3v) is 8.36. The van der Waals surface area contributed by atoms with Crippen molar-refractivity contribution in [3.05, 3.63) is 58.7 Å². The van der Waals surface area contributed by atoms with Gasteiger partial charge < -0.3 is 4.42 Å². The molecule has 0 bridgehead atoms. The first kappa shape index (κ1) is 22.0. The maximum absolute atomic E-state index is 13.0. The second-order valence-corrected chi connectivity index (χ2v) is 10.9. The zero-order valence-electron chi connectivity index (χ0n) is 18.1. The summed E-state index contributed by atoms with van der Waals surface area (Å²) in [6.45, 7) is 7.48. The van der Waals surface area contributed by atoms with E-state index in [9.17, 15) is 8.42 Å². The minimum atomic E-state index is -3.51. The molecule has 0 radical (unpaired) electrons. The molecule has 31 heavy (non-hydrogen) atoms. The average Bonchev–Trinajstić information content (AvgIpc) is 3.23. The lowest BCUT2D eigenvalue weighted by atomic mass is 10.0. The molecule has 8 heteroatoms. The number of aromatic nitrogens is 2. The van der Waals surface area contributed by atoms with Gasteiger partial charge in [0.2, 0.25) is 15.9 Å². The summed E-state index contributed by atoms with van der Waals surface area (Å²) >= 11 is 1.49. The van der Waals surface area contributed by atoms with E-state index >= 15 is 0 Å². The molecule has 0 saturated carbocycles. The lowest BCUT2D eigenvalue weighted by molar-refractivity contribution is 0.346. The quantitative estimate of drug-likeness (QED) is 0.478. The summed E-state index contributed by atoms with van der Waals surface area (Å²) in [7, 11) is -3.51. The lowest BCUT2D eigenvalue weighted by Gasteiger charge is -2.25. The molecule has 6 nitrogen and oxygen atoms in total. The average molecular weight is 458 g/mol. The van der Waals surface area contributed by atoms with Crippen LogP contribution in [0.25, 0.3) is 11.5 Å². The summed E-state index contributed by atoms with van der Waals surface area (Å²) in [6, 6.07) is 11.1. The van der Waals surface area contributed by atoms with Crippen molar-refractivity contribution in [2.24, 2.45) is 0 Å². The molecule has 1 fully saturated rings. The highest BCUT2D eigenvalue weighted by atomic mass is 32.2. The minimum Gasteiger partial charge on any atom is -0.411 e. The van der Waals surface area contributed by atoms with Gasteiger partial charge in [-0.25, -0.2) is 8.42 Å². The maximum Gasteiger partial charge on any atom is 0.277 e. The van der Waals surface area contributed by atoms with Crippen LogP contribution in [-0.2, 0) is 15.8 Å². The fourth-order valence-electron chi connectivity index (χ4n) is 4.00. The van der Waals surface area contributed by atoms with E-state index in [0.717, 1.165) is 25.0 Å². The zero-order valence-corrected chi connectivity index (χ0v) is 19.7. The van der Waals surface area contributed by atoms with Crippen LogP contribution in [0.5, 0.6) is 0 Å². The van der Waals surface area contributed by atoms with Crippen LogP contribution in [0.1, 0.15) is 41.5 Å². The summed E-state index contributed by atoms with van der Waals surface area (Å²) in [5, 5.41) is 8.77. The number of benzene rings is 2.